The lowest BCUT2D eigenvalue weighted by molar-refractivity contribution is 0.129. The van der Waals surface area contributed by atoms with Gasteiger partial charge in [0.1, 0.15) is 5.82 Å². The highest BCUT2D eigenvalue weighted by molar-refractivity contribution is 5.27. The van der Waals surface area contributed by atoms with Gasteiger partial charge in [0.2, 0.25) is 0 Å². The summed E-state index contributed by atoms with van der Waals surface area (Å²) in [5.41, 5.74) is 7.64. The Morgan fingerprint density at radius 1 is 1.10 bits per heavy atom. The minimum Gasteiger partial charge on any atom is -0.385 e. The summed E-state index contributed by atoms with van der Waals surface area (Å²) in [6.07, 6.45) is 0.938. The number of hydrogen-bond acceptors (Lipinski definition) is 4. The van der Waals surface area contributed by atoms with Gasteiger partial charge in [-0.15, -0.1) is 0 Å². The molecule has 0 fully saturated rings. The van der Waals surface area contributed by atoms with Crippen LogP contribution in [0.25, 0.3) is 0 Å². The van der Waals surface area contributed by atoms with Crippen LogP contribution in [0, 0.1) is 5.82 Å². The van der Waals surface area contributed by atoms with E-state index < -0.39 is 0 Å². The third-order valence-electron chi connectivity index (χ3n) is 3.22. The first-order valence-electron chi connectivity index (χ1n) is 6.88. The standard InChI is InChI=1S/C15H25FN2O2/c1-19-8-3-6-18(7-9-20-2)12-14-10-15(16)5-4-13(14)11-17/h4-5,10H,3,6-9,11-12,17H2,1-2H3. The van der Waals surface area contributed by atoms with Crippen LogP contribution in [0.4, 0.5) is 4.39 Å². The number of hydrogen-bond donors (Lipinski definition) is 1. The molecule has 114 valence electrons. The molecule has 4 nitrogen and oxygen atoms in total. The fraction of sp³-hybridized carbons (Fsp3) is 0.600. The Bertz CT molecular complexity index is 388. The average molecular weight is 284 g/mol. The largest absolute Gasteiger partial charge is 0.385 e. The second-order valence-corrected chi connectivity index (χ2v) is 4.73. The van der Waals surface area contributed by atoms with Crippen LogP contribution in [0.5, 0.6) is 0 Å². The molecule has 0 radical (unpaired) electrons. The van der Waals surface area contributed by atoms with Gasteiger partial charge in [0.25, 0.3) is 0 Å². The molecule has 0 bridgehead atoms. The van der Waals surface area contributed by atoms with Crippen LogP contribution in [0.2, 0.25) is 0 Å². The van der Waals surface area contributed by atoms with Crippen molar-refractivity contribution in [2.75, 3.05) is 40.5 Å². The molecule has 1 aromatic rings. The van der Waals surface area contributed by atoms with E-state index in [1.165, 1.54) is 6.07 Å². The van der Waals surface area contributed by atoms with Gasteiger partial charge in [0, 0.05) is 47.0 Å². The SMILES string of the molecule is COCCCN(CCOC)Cc1cc(F)ccc1CN. The van der Waals surface area contributed by atoms with Crippen LogP contribution in [-0.2, 0) is 22.6 Å². The summed E-state index contributed by atoms with van der Waals surface area (Å²) in [5.74, 6) is -0.221. The first kappa shape index (κ1) is 17.0. The number of methoxy groups -OCH3 is 2. The number of nitrogens with two attached hydrogens (primary N) is 1. The van der Waals surface area contributed by atoms with Crippen molar-refractivity contribution >= 4 is 0 Å². The van der Waals surface area contributed by atoms with Crippen molar-refractivity contribution in [3.63, 3.8) is 0 Å². The van der Waals surface area contributed by atoms with Gasteiger partial charge in [-0.25, -0.2) is 4.39 Å². The third kappa shape index (κ3) is 5.96. The smallest absolute Gasteiger partial charge is 0.123 e. The summed E-state index contributed by atoms with van der Waals surface area (Å²) in [4.78, 5) is 2.23. The molecule has 1 aromatic carbocycles. The molecule has 0 spiro atoms. The fourth-order valence-electron chi connectivity index (χ4n) is 2.10. The maximum atomic E-state index is 13.4. The highest BCUT2D eigenvalue weighted by Crippen LogP contribution is 2.14. The maximum absolute atomic E-state index is 13.4. The number of ether oxygens (including phenoxy) is 2. The predicted octanol–water partition coefficient (Wildman–Crippen LogP) is 1.77. The lowest BCUT2D eigenvalue weighted by Crippen LogP contribution is -2.29. The summed E-state index contributed by atoms with van der Waals surface area (Å²) in [6, 6.07) is 4.78. The Kier molecular flexibility index (Phi) is 8.37. The summed E-state index contributed by atoms with van der Waals surface area (Å²) >= 11 is 0. The van der Waals surface area contributed by atoms with E-state index in [-0.39, 0.29) is 5.82 Å². The fourth-order valence-corrected chi connectivity index (χ4v) is 2.10. The van der Waals surface area contributed by atoms with Gasteiger partial charge in [-0.05, 0) is 29.7 Å². The minimum absolute atomic E-state index is 0.221. The molecule has 0 amide bonds. The van der Waals surface area contributed by atoms with Crippen molar-refractivity contribution in [3.05, 3.63) is 35.1 Å². The van der Waals surface area contributed by atoms with Crippen LogP contribution in [0.3, 0.4) is 0 Å². The molecular weight excluding hydrogens is 259 g/mol. The summed E-state index contributed by atoms with van der Waals surface area (Å²) in [5, 5.41) is 0. The predicted molar refractivity (Wildman–Crippen MR) is 77.9 cm³/mol. The van der Waals surface area contributed by atoms with Crippen LogP contribution in [0.15, 0.2) is 18.2 Å². The quantitative estimate of drug-likeness (QED) is 0.665. The van der Waals surface area contributed by atoms with Crippen molar-refractivity contribution in [3.8, 4) is 0 Å². The molecule has 0 aromatic heterocycles. The number of halogens is 1. The molecule has 0 saturated heterocycles. The van der Waals surface area contributed by atoms with Crippen molar-refractivity contribution in [1.82, 2.24) is 4.90 Å². The molecule has 0 aliphatic heterocycles. The zero-order valence-corrected chi connectivity index (χ0v) is 12.4. The topological polar surface area (TPSA) is 47.7 Å². The molecule has 0 aliphatic rings. The average Bonchev–Trinajstić information content (AvgIpc) is 2.45. The molecule has 5 heteroatoms. The van der Waals surface area contributed by atoms with E-state index in [0.717, 1.165) is 37.2 Å². The number of benzene rings is 1. The van der Waals surface area contributed by atoms with E-state index in [1.54, 1.807) is 26.4 Å². The summed E-state index contributed by atoms with van der Waals surface area (Å²) in [7, 11) is 3.37. The Balaban J connectivity index is 2.68. The molecule has 0 aliphatic carbocycles. The van der Waals surface area contributed by atoms with Crippen LogP contribution >= 0.6 is 0 Å². The molecule has 2 N–H and O–H groups in total. The molecule has 0 atom stereocenters. The van der Waals surface area contributed by atoms with Gasteiger partial charge in [-0.3, -0.25) is 4.90 Å². The van der Waals surface area contributed by atoms with Gasteiger partial charge in [-0.1, -0.05) is 6.07 Å². The monoisotopic (exact) mass is 284 g/mol. The molecular formula is C15H25FN2O2. The van der Waals surface area contributed by atoms with Crippen molar-refractivity contribution in [2.24, 2.45) is 5.73 Å². The van der Waals surface area contributed by atoms with Crippen LogP contribution in [0.1, 0.15) is 17.5 Å². The Hall–Kier alpha value is -1.01. The van der Waals surface area contributed by atoms with Gasteiger partial charge in [0.15, 0.2) is 0 Å². The Morgan fingerprint density at radius 2 is 1.85 bits per heavy atom. The van der Waals surface area contributed by atoms with Gasteiger partial charge >= 0.3 is 0 Å². The summed E-state index contributed by atoms with van der Waals surface area (Å²) < 4.78 is 23.6. The van der Waals surface area contributed by atoms with Crippen LogP contribution in [-0.4, -0.2) is 45.4 Å². The number of nitrogens with zero attached hydrogens (tertiary/aromatic N) is 1. The van der Waals surface area contributed by atoms with Gasteiger partial charge in [-0.2, -0.15) is 0 Å². The van der Waals surface area contributed by atoms with E-state index in [1.807, 2.05) is 0 Å². The van der Waals surface area contributed by atoms with E-state index in [2.05, 4.69) is 4.90 Å². The third-order valence-corrected chi connectivity index (χ3v) is 3.22. The molecule has 0 heterocycles. The summed E-state index contributed by atoms with van der Waals surface area (Å²) in [6.45, 7) is 4.16. The molecule has 20 heavy (non-hydrogen) atoms. The highest BCUT2D eigenvalue weighted by Gasteiger charge is 2.10. The van der Waals surface area contributed by atoms with E-state index >= 15 is 0 Å². The molecule has 0 saturated carbocycles. The number of rotatable bonds is 10. The minimum atomic E-state index is -0.221. The lowest BCUT2D eigenvalue weighted by Gasteiger charge is -2.23. The highest BCUT2D eigenvalue weighted by atomic mass is 19.1. The van der Waals surface area contributed by atoms with Crippen molar-refractivity contribution < 1.29 is 13.9 Å². The van der Waals surface area contributed by atoms with Gasteiger partial charge in [0.05, 0.1) is 6.61 Å². The van der Waals surface area contributed by atoms with E-state index in [4.69, 9.17) is 15.2 Å². The second-order valence-electron chi connectivity index (χ2n) is 4.73. The van der Waals surface area contributed by atoms with Crippen LogP contribution < -0.4 is 5.73 Å². The second kappa shape index (κ2) is 9.83. The van der Waals surface area contributed by atoms with Gasteiger partial charge < -0.3 is 15.2 Å². The lowest BCUT2D eigenvalue weighted by atomic mass is 10.1. The van der Waals surface area contributed by atoms with Crippen molar-refractivity contribution in [2.45, 2.75) is 19.5 Å². The molecule has 0 unspecified atom stereocenters. The Morgan fingerprint density at radius 3 is 2.50 bits per heavy atom. The molecule has 1 rings (SSSR count). The first-order chi connectivity index (χ1) is 9.71. The first-order valence-corrected chi connectivity index (χ1v) is 6.88. The Labute approximate surface area is 120 Å². The maximum Gasteiger partial charge on any atom is 0.123 e. The van der Waals surface area contributed by atoms with Crippen molar-refractivity contribution in [1.29, 1.82) is 0 Å². The normalized spacial score (nSPS) is 11.2. The van der Waals surface area contributed by atoms with E-state index in [9.17, 15) is 4.39 Å². The zero-order chi connectivity index (χ0) is 14.8. The zero-order valence-electron chi connectivity index (χ0n) is 12.4. The van der Waals surface area contributed by atoms with E-state index in [0.29, 0.717) is 19.7 Å².